The molecule has 2 heterocycles. The molecule has 1 saturated carbocycles. The summed E-state index contributed by atoms with van der Waals surface area (Å²) in [6.07, 6.45) is 8.35. The Labute approximate surface area is 105 Å². The second-order valence-electron chi connectivity index (χ2n) is 5.53. The Morgan fingerprint density at radius 2 is 2.12 bits per heavy atom. The zero-order chi connectivity index (χ0) is 11.5. The van der Waals surface area contributed by atoms with Crippen LogP contribution in [0.1, 0.15) is 52.5 Å². The monoisotopic (exact) mass is 248 g/mol. The summed E-state index contributed by atoms with van der Waals surface area (Å²) in [6, 6.07) is 0. The van der Waals surface area contributed by atoms with Gasteiger partial charge < -0.3 is 4.90 Å². The topological polar surface area (TPSA) is 33.2 Å². The Bertz CT molecular complexity index is 463. The summed E-state index contributed by atoms with van der Waals surface area (Å²) in [5.41, 5.74) is 1.45. The van der Waals surface area contributed by atoms with Crippen molar-refractivity contribution in [1.82, 2.24) is 9.88 Å². The van der Waals surface area contributed by atoms with Crippen LogP contribution in [0.4, 0.5) is 0 Å². The predicted molar refractivity (Wildman–Crippen MR) is 66.4 cm³/mol. The molecule has 0 atom stereocenters. The summed E-state index contributed by atoms with van der Waals surface area (Å²) >= 11 is 1.64. The van der Waals surface area contributed by atoms with Gasteiger partial charge in [0.05, 0.1) is 5.69 Å². The average Bonchev–Trinajstić information content (AvgIpc) is 2.71. The van der Waals surface area contributed by atoms with Crippen molar-refractivity contribution >= 4 is 17.2 Å². The molecule has 4 rings (SSSR count). The van der Waals surface area contributed by atoms with Gasteiger partial charge in [0.25, 0.3) is 5.91 Å². The van der Waals surface area contributed by atoms with E-state index in [1.54, 1.807) is 11.3 Å². The molecule has 3 aliphatic rings. The van der Waals surface area contributed by atoms with Crippen LogP contribution >= 0.6 is 11.3 Å². The smallest absolute Gasteiger partial charge is 0.283 e. The first-order valence-electron chi connectivity index (χ1n) is 6.59. The lowest BCUT2D eigenvalue weighted by atomic mass is 9.68. The number of hydrogen-bond acceptors (Lipinski definition) is 3. The molecule has 0 radical (unpaired) electrons. The van der Waals surface area contributed by atoms with Crippen LogP contribution in [0.3, 0.4) is 0 Å². The quantitative estimate of drug-likeness (QED) is 0.764. The molecule has 1 spiro atoms. The second kappa shape index (κ2) is 3.31. The molecule has 1 aliphatic heterocycles. The van der Waals surface area contributed by atoms with Crippen molar-refractivity contribution in [1.29, 1.82) is 0 Å². The molecule has 17 heavy (non-hydrogen) atoms. The van der Waals surface area contributed by atoms with Gasteiger partial charge in [0.15, 0.2) is 5.01 Å². The molecule has 1 aromatic rings. The van der Waals surface area contributed by atoms with Gasteiger partial charge >= 0.3 is 0 Å². The highest BCUT2D eigenvalue weighted by atomic mass is 32.1. The predicted octanol–water partition coefficient (Wildman–Crippen LogP) is 2.40. The number of aryl methyl sites for hydroxylation is 2. The molecule has 0 unspecified atom stereocenters. The van der Waals surface area contributed by atoms with Crippen LogP contribution in [0.25, 0.3) is 0 Å². The minimum atomic E-state index is 0.204. The van der Waals surface area contributed by atoms with Gasteiger partial charge in [0.1, 0.15) is 0 Å². The highest BCUT2D eigenvalue weighted by molar-refractivity contribution is 7.13. The Kier molecular flexibility index (Phi) is 1.96. The molecule has 2 fully saturated rings. The number of amides is 1. The Morgan fingerprint density at radius 1 is 1.24 bits per heavy atom. The van der Waals surface area contributed by atoms with E-state index in [-0.39, 0.29) is 11.4 Å². The molecule has 1 amide bonds. The van der Waals surface area contributed by atoms with Crippen LogP contribution in [0, 0.1) is 0 Å². The largest absolute Gasteiger partial charge is 0.331 e. The van der Waals surface area contributed by atoms with Gasteiger partial charge in [-0.05, 0) is 44.9 Å². The highest BCUT2D eigenvalue weighted by Crippen LogP contribution is 2.47. The second-order valence-corrected chi connectivity index (χ2v) is 6.61. The fourth-order valence-electron chi connectivity index (χ4n) is 3.36. The lowest BCUT2D eigenvalue weighted by Crippen LogP contribution is -2.65. The van der Waals surface area contributed by atoms with Crippen molar-refractivity contribution in [2.45, 2.75) is 50.5 Å². The molecule has 1 saturated heterocycles. The van der Waals surface area contributed by atoms with Gasteiger partial charge in [0.2, 0.25) is 0 Å². The molecule has 4 heteroatoms. The van der Waals surface area contributed by atoms with E-state index < -0.39 is 0 Å². The van der Waals surface area contributed by atoms with Crippen molar-refractivity contribution in [2.24, 2.45) is 0 Å². The molecular weight excluding hydrogens is 232 g/mol. The Morgan fingerprint density at radius 3 is 2.71 bits per heavy atom. The lowest BCUT2D eigenvalue weighted by molar-refractivity contribution is -0.0487. The number of fused-ring (bicyclic) bond motifs is 1. The first kappa shape index (κ1) is 10.1. The number of rotatable bonds is 1. The number of nitrogens with zero attached hydrogens (tertiary/aromatic N) is 2. The van der Waals surface area contributed by atoms with Crippen LogP contribution in [0.15, 0.2) is 0 Å². The summed E-state index contributed by atoms with van der Waals surface area (Å²) in [6.45, 7) is 0.947. The summed E-state index contributed by atoms with van der Waals surface area (Å²) in [7, 11) is 0. The maximum atomic E-state index is 12.4. The molecule has 3 nitrogen and oxygen atoms in total. The van der Waals surface area contributed by atoms with Crippen LogP contribution < -0.4 is 0 Å². The maximum absolute atomic E-state index is 12.4. The van der Waals surface area contributed by atoms with Gasteiger partial charge in [-0.25, -0.2) is 4.98 Å². The number of likely N-dealkylation sites (tertiary alicyclic amines) is 1. The zero-order valence-electron chi connectivity index (χ0n) is 9.87. The third-order valence-corrected chi connectivity index (χ3v) is 5.83. The van der Waals surface area contributed by atoms with Gasteiger partial charge in [-0.1, -0.05) is 0 Å². The first-order valence-corrected chi connectivity index (χ1v) is 7.41. The summed E-state index contributed by atoms with van der Waals surface area (Å²) in [4.78, 5) is 20.4. The van der Waals surface area contributed by atoms with E-state index in [1.807, 2.05) is 0 Å². The van der Waals surface area contributed by atoms with Crippen LogP contribution in [-0.4, -0.2) is 27.9 Å². The number of aromatic nitrogens is 1. The fraction of sp³-hybridized carbons (Fsp3) is 0.692. The van der Waals surface area contributed by atoms with E-state index in [1.165, 1.54) is 42.7 Å². The van der Waals surface area contributed by atoms with E-state index in [9.17, 15) is 4.79 Å². The number of hydrogen-bond donors (Lipinski definition) is 0. The number of thiazole rings is 1. The first-order chi connectivity index (χ1) is 8.28. The van der Waals surface area contributed by atoms with Crippen molar-refractivity contribution < 1.29 is 4.79 Å². The van der Waals surface area contributed by atoms with Crippen molar-refractivity contribution in [3.8, 4) is 0 Å². The third kappa shape index (κ3) is 1.27. The van der Waals surface area contributed by atoms with Crippen LogP contribution in [-0.2, 0) is 12.8 Å². The molecule has 90 valence electrons. The number of carbonyl (C=O) groups excluding carboxylic acids is 1. The van der Waals surface area contributed by atoms with Gasteiger partial charge in [-0.2, -0.15) is 0 Å². The Balaban J connectivity index is 1.60. The van der Waals surface area contributed by atoms with E-state index in [2.05, 4.69) is 9.88 Å². The zero-order valence-corrected chi connectivity index (χ0v) is 10.7. The standard InChI is InChI=1S/C13H16N2OS/c16-12(15-8-7-13(15)5-2-6-13)11-14-9-3-1-4-10(9)17-11/h1-8H2. The van der Waals surface area contributed by atoms with Gasteiger partial charge in [-0.3, -0.25) is 4.79 Å². The summed E-state index contributed by atoms with van der Waals surface area (Å²) in [5, 5.41) is 0.751. The Hall–Kier alpha value is -0.900. The third-order valence-electron chi connectivity index (χ3n) is 4.68. The number of carbonyl (C=O) groups is 1. The average molecular weight is 248 g/mol. The van der Waals surface area contributed by atoms with E-state index >= 15 is 0 Å². The normalized spacial score (nSPS) is 24.4. The fourth-order valence-corrected chi connectivity index (χ4v) is 4.46. The van der Waals surface area contributed by atoms with Gasteiger partial charge in [0, 0.05) is 17.0 Å². The van der Waals surface area contributed by atoms with Crippen molar-refractivity contribution in [2.75, 3.05) is 6.54 Å². The lowest BCUT2D eigenvalue weighted by Gasteiger charge is -2.58. The van der Waals surface area contributed by atoms with Crippen LogP contribution in [0.5, 0.6) is 0 Å². The van der Waals surface area contributed by atoms with Gasteiger partial charge in [-0.15, -0.1) is 11.3 Å². The van der Waals surface area contributed by atoms with Crippen molar-refractivity contribution in [3.63, 3.8) is 0 Å². The molecular formula is C13H16N2OS. The minimum Gasteiger partial charge on any atom is -0.331 e. The summed E-state index contributed by atoms with van der Waals surface area (Å²) < 4.78 is 0. The molecule has 1 aromatic heterocycles. The SMILES string of the molecule is O=C(c1nc2c(s1)CCC2)N1CCC12CCC2. The minimum absolute atomic E-state index is 0.204. The van der Waals surface area contributed by atoms with Crippen molar-refractivity contribution in [3.05, 3.63) is 15.6 Å². The highest BCUT2D eigenvalue weighted by Gasteiger charge is 2.51. The van der Waals surface area contributed by atoms with Crippen LogP contribution in [0.2, 0.25) is 0 Å². The molecule has 2 aliphatic carbocycles. The summed E-state index contributed by atoms with van der Waals surface area (Å²) in [5.74, 6) is 0.204. The molecule has 0 N–H and O–H groups in total. The van der Waals surface area contributed by atoms with E-state index in [0.717, 1.165) is 24.4 Å². The molecule has 0 aromatic carbocycles. The van der Waals surface area contributed by atoms with E-state index in [4.69, 9.17) is 0 Å². The maximum Gasteiger partial charge on any atom is 0.283 e. The molecule has 0 bridgehead atoms. The van der Waals surface area contributed by atoms with E-state index in [0.29, 0.717) is 0 Å².